The third-order valence-corrected chi connectivity index (χ3v) is 3.50. The highest BCUT2D eigenvalue weighted by Gasteiger charge is 2.61. The molecule has 0 aliphatic heterocycles. The van der Waals surface area contributed by atoms with Gasteiger partial charge in [0.15, 0.2) is 0 Å². The summed E-state index contributed by atoms with van der Waals surface area (Å²) < 4.78 is 0. The van der Waals surface area contributed by atoms with Crippen molar-refractivity contribution in [2.45, 2.75) is 33.1 Å². The lowest BCUT2D eigenvalue weighted by molar-refractivity contribution is 0.523. The Hall–Kier alpha value is 0. The molecular formula is C10H16. The van der Waals surface area contributed by atoms with Crippen LogP contribution in [0.2, 0.25) is 0 Å². The number of rotatable bonds is 2. The van der Waals surface area contributed by atoms with Gasteiger partial charge in [0.05, 0.1) is 0 Å². The molecule has 2 aliphatic carbocycles. The Morgan fingerprint density at radius 2 is 2.10 bits per heavy atom. The van der Waals surface area contributed by atoms with Crippen LogP contribution in [-0.4, -0.2) is 0 Å². The van der Waals surface area contributed by atoms with E-state index in [0.29, 0.717) is 5.41 Å². The highest BCUT2D eigenvalue weighted by molar-refractivity contribution is 5.30. The molecule has 3 atom stereocenters. The topological polar surface area (TPSA) is 0 Å². The average Bonchev–Trinajstić information content (AvgIpc) is 2.73. The first-order chi connectivity index (χ1) is 4.70. The molecule has 0 heterocycles. The van der Waals surface area contributed by atoms with Crippen LogP contribution >= 0.6 is 0 Å². The van der Waals surface area contributed by atoms with E-state index in [1.807, 2.05) is 5.92 Å². The molecule has 2 radical (unpaired) electrons. The molecule has 0 nitrogen and oxygen atoms in total. The predicted molar refractivity (Wildman–Crippen MR) is 43.2 cm³/mol. The minimum absolute atomic E-state index is 0.638. The maximum Gasteiger partial charge on any atom is -0.0145 e. The lowest BCUT2D eigenvalue weighted by atomic mass is 9.93. The Morgan fingerprint density at radius 1 is 1.60 bits per heavy atom. The molecule has 0 spiro atoms. The first-order valence-electron chi connectivity index (χ1n) is 4.36. The molecule has 0 heteroatoms. The predicted octanol–water partition coefficient (Wildman–Crippen LogP) is 2.85. The average molecular weight is 136 g/mol. The van der Waals surface area contributed by atoms with E-state index in [0.717, 1.165) is 18.3 Å². The third kappa shape index (κ3) is 0.681. The zero-order valence-electron chi connectivity index (χ0n) is 6.98. The summed E-state index contributed by atoms with van der Waals surface area (Å²) in [4.78, 5) is 0. The highest BCUT2D eigenvalue weighted by atomic mass is 14.7. The van der Waals surface area contributed by atoms with Crippen molar-refractivity contribution >= 4 is 0 Å². The molecule has 0 aromatic carbocycles. The molecule has 2 saturated carbocycles. The smallest absolute Gasteiger partial charge is 0.0145 e. The van der Waals surface area contributed by atoms with Crippen molar-refractivity contribution < 1.29 is 0 Å². The zero-order valence-corrected chi connectivity index (χ0v) is 6.98. The summed E-state index contributed by atoms with van der Waals surface area (Å²) in [6, 6.07) is 0. The Labute approximate surface area is 64.0 Å². The standard InChI is InChI=1S/C10H16/c1-4-10(6-8(10)3)9-5-7(9)2/h7-8H,1,4-6H2,2-3H3. The van der Waals surface area contributed by atoms with Crippen LogP contribution in [0, 0.1) is 30.1 Å². The van der Waals surface area contributed by atoms with E-state index < -0.39 is 0 Å². The lowest BCUT2D eigenvalue weighted by Crippen LogP contribution is -2.03. The van der Waals surface area contributed by atoms with Gasteiger partial charge in [0.2, 0.25) is 0 Å². The van der Waals surface area contributed by atoms with Crippen LogP contribution in [0.5, 0.6) is 0 Å². The van der Waals surface area contributed by atoms with Gasteiger partial charge in [-0.05, 0) is 42.4 Å². The molecule has 0 saturated heterocycles. The van der Waals surface area contributed by atoms with Gasteiger partial charge in [0.1, 0.15) is 0 Å². The van der Waals surface area contributed by atoms with Gasteiger partial charge in [-0.15, -0.1) is 0 Å². The first-order valence-corrected chi connectivity index (χ1v) is 4.36. The Balaban J connectivity index is 2.02. The van der Waals surface area contributed by atoms with Crippen LogP contribution in [0.15, 0.2) is 0 Å². The van der Waals surface area contributed by atoms with E-state index in [1.165, 1.54) is 12.8 Å². The van der Waals surface area contributed by atoms with Crippen LogP contribution < -0.4 is 0 Å². The van der Waals surface area contributed by atoms with Gasteiger partial charge in [-0.2, -0.15) is 0 Å². The molecule has 2 rings (SSSR count). The molecule has 0 aromatic rings. The highest BCUT2D eigenvalue weighted by Crippen LogP contribution is 2.70. The molecule has 56 valence electrons. The van der Waals surface area contributed by atoms with E-state index in [-0.39, 0.29) is 0 Å². The van der Waals surface area contributed by atoms with Crippen molar-refractivity contribution in [1.29, 1.82) is 0 Å². The van der Waals surface area contributed by atoms with Gasteiger partial charge in [0.25, 0.3) is 0 Å². The maximum absolute atomic E-state index is 4.05. The maximum atomic E-state index is 4.05. The second kappa shape index (κ2) is 1.78. The summed E-state index contributed by atoms with van der Waals surface area (Å²) in [7, 11) is 0. The summed E-state index contributed by atoms with van der Waals surface area (Å²) in [6.07, 6.45) is 3.98. The Bertz CT molecular complexity index is 146. The van der Waals surface area contributed by atoms with Crippen molar-refractivity contribution in [3.63, 3.8) is 0 Å². The molecule has 0 aromatic heterocycles. The quantitative estimate of drug-likeness (QED) is 0.547. The largest absolute Gasteiger partial charge is 0.0619 e. The second-order valence-electron chi connectivity index (χ2n) is 4.14. The Kier molecular flexibility index (Phi) is 1.19. The van der Waals surface area contributed by atoms with Gasteiger partial charge in [-0.3, -0.25) is 0 Å². The molecule has 10 heavy (non-hydrogen) atoms. The third-order valence-electron chi connectivity index (χ3n) is 3.50. The van der Waals surface area contributed by atoms with Crippen LogP contribution in [0.3, 0.4) is 0 Å². The molecule has 0 amide bonds. The summed E-state index contributed by atoms with van der Waals surface area (Å²) >= 11 is 0. The second-order valence-corrected chi connectivity index (χ2v) is 4.14. The van der Waals surface area contributed by atoms with Crippen molar-refractivity contribution in [2.24, 2.45) is 17.3 Å². The SMILES string of the molecule is [CH2]CC1([C]2CC2C)CC1C. The summed E-state index contributed by atoms with van der Waals surface area (Å²) in [5, 5.41) is 0. The van der Waals surface area contributed by atoms with Gasteiger partial charge in [-0.25, -0.2) is 0 Å². The van der Waals surface area contributed by atoms with E-state index >= 15 is 0 Å². The molecule has 0 N–H and O–H groups in total. The van der Waals surface area contributed by atoms with Crippen LogP contribution in [0.1, 0.15) is 33.1 Å². The van der Waals surface area contributed by atoms with Crippen LogP contribution in [-0.2, 0) is 0 Å². The van der Waals surface area contributed by atoms with Gasteiger partial charge >= 0.3 is 0 Å². The molecule has 3 unspecified atom stereocenters. The van der Waals surface area contributed by atoms with Crippen molar-refractivity contribution in [3.8, 4) is 0 Å². The zero-order chi connectivity index (χ0) is 7.35. The molecule has 2 aliphatic rings. The fraction of sp³-hybridized carbons (Fsp3) is 0.800. The van der Waals surface area contributed by atoms with Crippen molar-refractivity contribution in [1.82, 2.24) is 0 Å². The fourth-order valence-electron chi connectivity index (χ4n) is 2.41. The summed E-state index contributed by atoms with van der Waals surface area (Å²) in [5.74, 6) is 3.71. The summed E-state index contributed by atoms with van der Waals surface area (Å²) in [6.45, 7) is 8.75. The van der Waals surface area contributed by atoms with Crippen molar-refractivity contribution in [3.05, 3.63) is 12.8 Å². The minimum atomic E-state index is 0.638. The normalized spacial score (nSPS) is 53.1. The Morgan fingerprint density at radius 3 is 2.20 bits per heavy atom. The molecular weight excluding hydrogens is 120 g/mol. The fourth-order valence-corrected chi connectivity index (χ4v) is 2.41. The van der Waals surface area contributed by atoms with Crippen molar-refractivity contribution in [2.75, 3.05) is 0 Å². The molecule has 0 bridgehead atoms. The van der Waals surface area contributed by atoms with E-state index in [4.69, 9.17) is 0 Å². The van der Waals surface area contributed by atoms with E-state index in [1.54, 1.807) is 0 Å². The van der Waals surface area contributed by atoms with Gasteiger partial charge < -0.3 is 0 Å². The summed E-state index contributed by atoms with van der Waals surface area (Å²) in [5.41, 5.74) is 0.638. The monoisotopic (exact) mass is 136 g/mol. The van der Waals surface area contributed by atoms with Gasteiger partial charge in [0, 0.05) is 0 Å². The van der Waals surface area contributed by atoms with Crippen LogP contribution in [0.4, 0.5) is 0 Å². The lowest BCUT2D eigenvalue weighted by Gasteiger charge is -2.11. The number of hydrogen-bond acceptors (Lipinski definition) is 0. The van der Waals surface area contributed by atoms with E-state index in [9.17, 15) is 0 Å². The number of hydrogen-bond donors (Lipinski definition) is 0. The molecule has 2 fully saturated rings. The minimum Gasteiger partial charge on any atom is -0.0619 e. The van der Waals surface area contributed by atoms with Crippen LogP contribution in [0.25, 0.3) is 0 Å². The van der Waals surface area contributed by atoms with E-state index in [2.05, 4.69) is 20.8 Å². The van der Waals surface area contributed by atoms with Gasteiger partial charge in [-0.1, -0.05) is 20.8 Å². The first kappa shape index (κ1) is 6.69.